The predicted octanol–water partition coefficient (Wildman–Crippen LogP) is 4.69. The molecule has 4 nitrogen and oxygen atoms in total. The van der Waals surface area contributed by atoms with E-state index in [-0.39, 0.29) is 17.2 Å². The maximum Gasteiger partial charge on any atom is 0.226 e. The number of anilines is 1. The van der Waals surface area contributed by atoms with Gasteiger partial charge in [-0.1, -0.05) is 25.5 Å². The number of benzene rings is 1. The van der Waals surface area contributed by atoms with E-state index in [9.17, 15) is 9.59 Å². The monoisotopic (exact) mass is 382 g/mol. The fourth-order valence-electron chi connectivity index (χ4n) is 6.22. The predicted molar refractivity (Wildman–Crippen MR) is 112 cm³/mol. The quantitative estimate of drug-likeness (QED) is 0.685. The van der Waals surface area contributed by atoms with E-state index in [2.05, 4.69) is 29.7 Å². The molecule has 0 radical (unpaired) electrons. The van der Waals surface area contributed by atoms with Crippen molar-refractivity contribution in [2.45, 2.75) is 71.1 Å². The Morgan fingerprint density at radius 1 is 1.00 bits per heavy atom. The molecule has 0 aromatic heterocycles. The van der Waals surface area contributed by atoms with Crippen LogP contribution in [0, 0.1) is 23.2 Å². The van der Waals surface area contributed by atoms with Crippen molar-refractivity contribution >= 4 is 17.5 Å². The van der Waals surface area contributed by atoms with Crippen molar-refractivity contribution in [3.05, 3.63) is 29.8 Å². The van der Waals surface area contributed by atoms with Gasteiger partial charge in [0.1, 0.15) is 0 Å². The van der Waals surface area contributed by atoms with Gasteiger partial charge in [0, 0.05) is 24.1 Å². The number of rotatable bonds is 8. The summed E-state index contributed by atoms with van der Waals surface area (Å²) in [5.41, 5.74) is 2.01. The molecule has 0 spiro atoms. The Kier molecular flexibility index (Phi) is 5.75. The number of hydrogen-bond donors (Lipinski definition) is 2. The molecule has 0 heterocycles. The number of carbonyl (C=O) groups excluding carboxylic acids is 2. The second-order valence-electron chi connectivity index (χ2n) is 9.55. The SMILES string of the molecule is CCCCc1ccc(NC(=O)CCNC(=O)C23CC4CC(CC(C4)C2)C3)cc1. The molecule has 2 N–H and O–H groups in total. The first-order chi connectivity index (χ1) is 13.6. The molecule has 0 saturated heterocycles. The molecule has 2 amide bonds. The molecule has 1 aromatic carbocycles. The highest BCUT2D eigenvalue weighted by Gasteiger charge is 2.54. The highest BCUT2D eigenvalue weighted by molar-refractivity contribution is 5.91. The van der Waals surface area contributed by atoms with E-state index in [4.69, 9.17) is 0 Å². The Balaban J connectivity index is 1.22. The van der Waals surface area contributed by atoms with Crippen LogP contribution in [-0.2, 0) is 16.0 Å². The third-order valence-electron chi connectivity index (χ3n) is 7.21. The van der Waals surface area contributed by atoms with Crippen LogP contribution >= 0.6 is 0 Å². The van der Waals surface area contributed by atoms with Crippen molar-refractivity contribution in [3.63, 3.8) is 0 Å². The minimum Gasteiger partial charge on any atom is -0.355 e. The molecule has 0 unspecified atom stereocenters. The van der Waals surface area contributed by atoms with Crippen LogP contribution in [0.2, 0.25) is 0 Å². The van der Waals surface area contributed by atoms with Crippen molar-refractivity contribution < 1.29 is 9.59 Å². The van der Waals surface area contributed by atoms with Crippen LogP contribution in [-0.4, -0.2) is 18.4 Å². The van der Waals surface area contributed by atoms with Gasteiger partial charge in [0.2, 0.25) is 11.8 Å². The highest BCUT2D eigenvalue weighted by atomic mass is 16.2. The van der Waals surface area contributed by atoms with E-state index in [1.807, 2.05) is 12.1 Å². The first-order valence-corrected chi connectivity index (χ1v) is 11.2. The molecule has 4 bridgehead atoms. The second-order valence-corrected chi connectivity index (χ2v) is 9.55. The summed E-state index contributed by atoms with van der Waals surface area (Å²) >= 11 is 0. The van der Waals surface area contributed by atoms with Crippen LogP contribution in [0.15, 0.2) is 24.3 Å². The Morgan fingerprint density at radius 3 is 2.18 bits per heavy atom. The summed E-state index contributed by atoms with van der Waals surface area (Å²) in [5, 5.41) is 6.03. The summed E-state index contributed by atoms with van der Waals surface area (Å²) in [4.78, 5) is 25.2. The Hall–Kier alpha value is -1.84. The molecule has 4 heteroatoms. The third-order valence-corrected chi connectivity index (χ3v) is 7.21. The van der Waals surface area contributed by atoms with E-state index in [0.717, 1.165) is 49.1 Å². The molecule has 4 aliphatic carbocycles. The van der Waals surface area contributed by atoms with Gasteiger partial charge in [0.15, 0.2) is 0 Å². The molecule has 0 atom stereocenters. The van der Waals surface area contributed by atoms with Crippen LogP contribution in [0.1, 0.15) is 70.3 Å². The highest BCUT2D eigenvalue weighted by Crippen LogP contribution is 2.60. The molecule has 4 saturated carbocycles. The zero-order valence-corrected chi connectivity index (χ0v) is 17.1. The zero-order valence-electron chi connectivity index (χ0n) is 17.1. The number of hydrogen-bond acceptors (Lipinski definition) is 2. The van der Waals surface area contributed by atoms with Gasteiger partial charge in [-0.2, -0.15) is 0 Å². The Labute approximate surface area is 168 Å². The largest absolute Gasteiger partial charge is 0.355 e. The van der Waals surface area contributed by atoms with Crippen LogP contribution in [0.5, 0.6) is 0 Å². The minimum absolute atomic E-state index is 0.0351. The van der Waals surface area contributed by atoms with Crippen molar-refractivity contribution in [1.82, 2.24) is 5.32 Å². The summed E-state index contributed by atoms with van der Waals surface area (Å²) in [6, 6.07) is 8.11. The van der Waals surface area contributed by atoms with Gasteiger partial charge in [-0.15, -0.1) is 0 Å². The lowest BCUT2D eigenvalue weighted by Crippen LogP contribution is -2.53. The van der Waals surface area contributed by atoms with Gasteiger partial charge in [-0.25, -0.2) is 0 Å². The van der Waals surface area contributed by atoms with Crippen LogP contribution in [0.25, 0.3) is 0 Å². The van der Waals surface area contributed by atoms with Crippen molar-refractivity contribution in [2.75, 3.05) is 11.9 Å². The number of amides is 2. The summed E-state index contributed by atoms with van der Waals surface area (Å²) < 4.78 is 0. The molecule has 0 aliphatic heterocycles. The standard InChI is InChI=1S/C24H34N2O2/c1-2-3-4-17-5-7-21(8-6-17)26-22(27)9-10-25-23(28)24-14-18-11-19(15-24)13-20(12-18)16-24/h5-8,18-20H,2-4,9-16H2,1H3,(H,25,28)(H,26,27). The molecule has 1 aromatic rings. The fourth-order valence-corrected chi connectivity index (χ4v) is 6.22. The lowest BCUT2D eigenvalue weighted by atomic mass is 9.49. The normalized spacial score (nSPS) is 30.2. The first kappa shape index (κ1) is 19.5. The molecule has 28 heavy (non-hydrogen) atoms. The van der Waals surface area contributed by atoms with E-state index < -0.39 is 0 Å². The molecule has 4 fully saturated rings. The van der Waals surface area contributed by atoms with Crippen LogP contribution < -0.4 is 10.6 Å². The van der Waals surface area contributed by atoms with Gasteiger partial charge in [0.25, 0.3) is 0 Å². The first-order valence-electron chi connectivity index (χ1n) is 11.2. The number of nitrogens with one attached hydrogen (secondary N) is 2. The fraction of sp³-hybridized carbons (Fsp3) is 0.667. The van der Waals surface area contributed by atoms with E-state index >= 15 is 0 Å². The Bertz CT molecular complexity index is 675. The lowest BCUT2D eigenvalue weighted by molar-refractivity contribution is -0.146. The topological polar surface area (TPSA) is 58.2 Å². The smallest absolute Gasteiger partial charge is 0.226 e. The molecular formula is C24H34N2O2. The van der Waals surface area contributed by atoms with Crippen LogP contribution in [0.3, 0.4) is 0 Å². The van der Waals surface area contributed by atoms with Gasteiger partial charge in [-0.05, 0) is 86.8 Å². The molecule has 5 rings (SSSR count). The minimum atomic E-state index is -0.125. The third kappa shape index (κ3) is 4.26. The molecule has 4 aliphatic rings. The van der Waals surface area contributed by atoms with E-state index in [1.165, 1.54) is 37.7 Å². The zero-order chi connectivity index (χ0) is 19.6. The average molecular weight is 383 g/mol. The maximum atomic E-state index is 12.9. The van der Waals surface area contributed by atoms with Crippen molar-refractivity contribution in [2.24, 2.45) is 23.2 Å². The van der Waals surface area contributed by atoms with Crippen LogP contribution in [0.4, 0.5) is 5.69 Å². The van der Waals surface area contributed by atoms with E-state index in [0.29, 0.717) is 13.0 Å². The molecular weight excluding hydrogens is 348 g/mol. The van der Waals surface area contributed by atoms with Gasteiger partial charge in [-0.3, -0.25) is 9.59 Å². The van der Waals surface area contributed by atoms with Gasteiger partial charge >= 0.3 is 0 Å². The summed E-state index contributed by atoms with van der Waals surface area (Å²) in [7, 11) is 0. The number of aryl methyl sites for hydroxylation is 1. The maximum absolute atomic E-state index is 12.9. The lowest BCUT2D eigenvalue weighted by Gasteiger charge is -2.55. The summed E-state index contributed by atoms with van der Waals surface area (Å²) in [6.45, 7) is 2.62. The number of carbonyl (C=O) groups is 2. The second kappa shape index (κ2) is 8.26. The van der Waals surface area contributed by atoms with Crippen molar-refractivity contribution in [1.29, 1.82) is 0 Å². The van der Waals surface area contributed by atoms with Gasteiger partial charge in [0.05, 0.1) is 0 Å². The number of unbranched alkanes of at least 4 members (excludes halogenated alkanes) is 1. The molecule has 152 valence electrons. The Morgan fingerprint density at radius 2 is 1.61 bits per heavy atom. The van der Waals surface area contributed by atoms with E-state index in [1.54, 1.807) is 0 Å². The van der Waals surface area contributed by atoms with Gasteiger partial charge < -0.3 is 10.6 Å². The average Bonchev–Trinajstić information content (AvgIpc) is 2.66. The summed E-state index contributed by atoms with van der Waals surface area (Å²) in [6.07, 6.45) is 11.0. The summed E-state index contributed by atoms with van der Waals surface area (Å²) in [5.74, 6) is 2.47. The van der Waals surface area contributed by atoms with Crippen molar-refractivity contribution in [3.8, 4) is 0 Å².